The summed E-state index contributed by atoms with van der Waals surface area (Å²) in [5.74, 6) is 6.43. The zero-order valence-corrected chi connectivity index (χ0v) is 14.1. The summed E-state index contributed by atoms with van der Waals surface area (Å²) in [6.07, 6.45) is 0.848. The minimum atomic E-state index is 0.726. The number of aromatic nitrogens is 1. The number of nitrogens with zero attached hydrogens (tertiary/aromatic N) is 1. The molecule has 19 heavy (non-hydrogen) atoms. The molecule has 1 heterocycles. The zero-order valence-electron chi connectivity index (χ0n) is 11.0. The van der Waals surface area contributed by atoms with Crippen LogP contribution < -0.4 is 16.0 Å². The van der Waals surface area contributed by atoms with E-state index in [4.69, 9.17) is 15.6 Å². The Balaban J connectivity index is 3.02. The molecule has 0 radical (unpaired) electrons. The molecule has 0 fully saturated rings. The lowest BCUT2D eigenvalue weighted by molar-refractivity contribution is 0.417. The van der Waals surface area contributed by atoms with Crippen LogP contribution in [-0.2, 0) is 6.42 Å². The summed E-state index contributed by atoms with van der Waals surface area (Å²) in [5.41, 5.74) is 6.53. The number of pyridine rings is 1. The van der Waals surface area contributed by atoms with Crippen molar-refractivity contribution in [3.05, 3.63) is 26.3 Å². The molecule has 1 aromatic carbocycles. The molecule has 102 valence electrons. The van der Waals surface area contributed by atoms with Gasteiger partial charge in [-0.05, 0) is 56.8 Å². The van der Waals surface area contributed by atoms with Gasteiger partial charge in [0.15, 0.2) is 0 Å². The Morgan fingerprint density at radius 1 is 1.37 bits per heavy atom. The first-order valence-corrected chi connectivity index (χ1v) is 7.45. The second-order valence-electron chi connectivity index (χ2n) is 4.15. The fourth-order valence-electron chi connectivity index (χ4n) is 2.21. The molecule has 0 bridgehead atoms. The quantitative estimate of drug-likeness (QED) is 0.617. The van der Waals surface area contributed by atoms with Crippen molar-refractivity contribution in [3.8, 4) is 5.75 Å². The molecule has 0 atom stereocenters. The second kappa shape index (κ2) is 5.64. The van der Waals surface area contributed by atoms with Gasteiger partial charge in [0.05, 0.1) is 28.2 Å². The van der Waals surface area contributed by atoms with Gasteiger partial charge >= 0.3 is 0 Å². The fraction of sp³-hybridized carbons (Fsp3) is 0.308. The highest BCUT2D eigenvalue weighted by Gasteiger charge is 2.18. The number of methoxy groups -OCH3 is 1. The summed E-state index contributed by atoms with van der Waals surface area (Å²) in [5, 5.41) is 0.876. The van der Waals surface area contributed by atoms with Crippen LogP contribution in [0.2, 0.25) is 0 Å². The molecule has 0 aliphatic heterocycles. The van der Waals surface area contributed by atoms with Crippen molar-refractivity contribution in [1.82, 2.24) is 4.98 Å². The van der Waals surface area contributed by atoms with Crippen molar-refractivity contribution in [2.24, 2.45) is 5.84 Å². The summed E-state index contributed by atoms with van der Waals surface area (Å²) in [6, 6.07) is 1.93. The standard InChI is InChI=1S/C13H15Br2N3O/c1-4-9-6(2)11(18-16)10-12(17-9)7(14)5-8(15)13(10)19-3/h5H,4,16H2,1-3H3,(H,17,18). The SMILES string of the molecule is CCc1nc2c(Br)cc(Br)c(OC)c2c(NN)c1C. The minimum Gasteiger partial charge on any atom is -0.495 e. The highest BCUT2D eigenvalue weighted by atomic mass is 79.9. The number of rotatable bonds is 3. The maximum absolute atomic E-state index is 5.70. The molecule has 1 aromatic heterocycles. The molecule has 0 spiro atoms. The van der Waals surface area contributed by atoms with Crippen molar-refractivity contribution in [1.29, 1.82) is 0 Å². The van der Waals surface area contributed by atoms with Gasteiger partial charge < -0.3 is 10.2 Å². The smallest absolute Gasteiger partial charge is 0.144 e. The Bertz CT molecular complexity index is 644. The summed E-state index contributed by atoms with van der Waals surface area (Å²) in [7, 11) is 1.64. The maximum Gasteiger partial charge on any atom is 0.144 e. The zero-order chi connectivity index (χ0) is 14.2. The molecule has 3 N–H and O–H groups in total. The number of fused-ring (bicyclic) bond motifs is 1. The number of hydrogen-bond acceptors (Lipinski definition) is 4. The van der Waals surface area contributed by atoms with Crippen molar-refractivity contribution >= 4 is 48.5 Å². The molecule has 2 aromatic rings. The third kappa shape index (κ3) is 2.32. The topological polar surface area (TPSA) is 60.2 Å². The molecule has 2 rings (SSSR count). The maximum atomic E-state index is 5.70. The molecular weight excluding hydrogens is 374 g/mol. The lowest BCUT2D eigenvalue weighted by Crippen LogP contribution is -2.11. The van der Waals surface area contributed by atoms with E-state index in [0.29, 0.717) is 0 Å². The van der Waals surface area contributed by atoms with Crippen LogP contribution in [0.15, 0.2) is 15.0 Å². The molecule has 0 aliphatic rings. The second-order valence-corrected chi connectivity index (χ2v) is 5.86. The van der Waals surface area contributed by atoms with Gasteiger partial charge in [-0.2, -0.15) is 0 Å². The average Bonchev–Trinajstić information content (AvgIpc) is 2.39. The summed E-state index contributed by atoms with van der Waals surface area (Å²) >= 11 is 7.05. The Morgan fingerprint density at radius 2 is 2.05 bits per heavy atom. The molecule has 0 saturated carbocycles. The third-order valence-electron chi connectivity index (χ3n) is 3.15. The molecule has 0 amide bonds. The van der Waals surface area contributed by atoms with Crippen LogP contribution in [0.5, 0.6) is 5.75 Å². The van der Waals surface area contributed by atoms with Gasteiger partial charge in [-0.3, -0.25) is 10.8 Å². The molecule has 4 nitrogen and oxygen atoms in total. The first-order valence-electron chi connectivity index (χ1n) is 5.86. The predicted molar refractivity (Wildman–Crippen MR) is 85.6 cm³/mol. The Kier molecular flexibility index (Phi) is 4.32. The number of ether oxygens (including phenoxy) is 1. The predicted octanol–water partition coefficient (Wildman–Crippen LogP) is 3.92. The van der Waals surface area contributed by atoms with Gasteiger partial charge in [-0.15, -0.1) is 0 Å². The van der Waals surface area contributed by atoms with E-state index < -0.39 is 0 Å². The van der Waals surface area contributed by atoms with E-state index >= 15 is 0 Å². The van der Waals surface area contributed by atoms with Crippen molar-refractivity contribution < 1.29 is 4.74 Å². The van der Waals surface area contributed by atoms with E-state index in [-0.39, 0.29) is 0 Å². The Morgan fingerprint density at radius 3 is 2.58 bits per heavy atom. The Labute approximate surface area is 129 Å². The van der Waals surface area contributed by atoms with Crippen LogP contribution in [0.1, 0.15) is 18.2 Å². The number of benzene rings is 1. The fourth-order valence-corrected chi connectivity index (χ4v) is 3.62. The average molecular weight is 389 g/mol. The number of anilines is 1. The van der Waals surface area contributed by atoms with E-state index in [9.17, 15) is 0 Å². The van der Waals surface area contributed by atoms with Crippen molar-refractivity contribution in [3.63, 3.8) is 0 Å². The van der Waals surface area contributed by atoms with Crippen LogP contribution in [-0.4, -0.2) is 12.1 Å². The Hall–Kier alpha value is -0.850. The number of hydrazine groups is 1. The lowest BCUT2D eigenvalue weighted by Gasteiger charge is -2.17. The van der Waals surface area contributed by atoms with Crippen molar-refractivity contribution in [2.75, 3.05) is 12.5 Å². The summed E-state index contributed by atoms with van der Waals surface area (Å²) in [6.45, 7) is 4.08. The number of nitrogen functional groups attached to an aromatic ring is 1. The number of nitrogens with two attached hydrogens (primary N) is 1. The molecule has 0 unspecified atom stereocenters. The van der Waals surface area contributed by atoms with Crippen LogP contribution in [0.3, 0.4) is 0 Å². The van der Waals surface area contributed by atoms with Gasteiger partial charge in [-0.1, -0.05) is 6.92 Å². The highest BCUT2D eigenvalue weighted by molar-refractivity contribution is 9.11. The number of hydrogen-bond donors (Lipinski definition) is 2. The van der Waals surface area contributed by atoms with Crippen LogP contribution in [0.25, 0.3) is 10.9 Å². The first kappa shape index (κ1) is 14.6. The van der Waals surface area contributed by atoms with E-state index in [2.05, 4.69) is 44.2 Å². The van der Waals surface area contributed by atoms with Crippen molar-refractivity contribution in [2.45, 2.75) is 20.3 Å². The number of nitrogens with one attached hydrogen (secondary N) is 1. The largest absolute Gasteiger partial charge is 0.495 e. The lowest BCUT2D eigenvalue weighted by atomic mass is 10.0. The highest BCUT2D eigenvalue weighted by Crippen LogP contribution is 2.42. The summed E-state index contributed by atoms with van der Waals surface area (Å²) < 4.78 is 7.24. The minimum absolute atomic E-state index is 0.726. The number of aryl methyl sites for hydroxylation is 1. The van der Waals surface area contributed by atoms with Crippen LogP contribution in [0, 0.1) is 6.92 Å². The van der Waals surface area contributed by atoms with E-state index in [1.807, 2.05) is 13.0 Å². The molecular formula is C13H15Br2N3O. The van der Waals surface area contributed by atoms with E-state index in [1.54, 1.807) is 7.11 Å². The van der Waals surface area contributed by atoms with Gasteiger partial charge in [0.25, 0.3) is 0 Å². The summed E-state index contributed by atoms with van der Waals surface area (Å²) in [4.78, 5) is 4.71. The number of halogens is 2. The molecule has 6 heteroatoms. The first-order chi connectivity index (χ1) is 9.04. The van der Waals surface area contributed by atoms with E-state index in [0.717, 1.165) is 49.0 Å². The van der Waals surface area contributed by atoms with Crippen LogP contribution in [0.4, 0.5) is 5.69 Å². The third-order valence-corrected chi connectivity index (χ3v) is 4.34. The van der Waals surface area contributed by atoms with Crippen LogP contribution >= 0.6 is 31.9 Å². The monoisotopic (exact) mass is 387 g/mol. The van der Waals surface area contributed by atoms with Gasteiger partial charge in [0, 0.05) is 10.2 Å². The van der Waals surface area contributed by atoms with E-state index in [1.165, 1.54) is 0 Å². The molecule has 0 aliphatic carbocycles. The normalized spacial score (nSPS) is 10.8. The molecule has 0 saturated heterocycles. The van der Waals surface area contributed by atoms with Gasteiger partial charge in [0.2, 0.25) is 0 Å². The van der Waals surface area contributed by atoms with Gasteiger partial charge in [-0.25, -0.2) is 0 Å². The van der Waals surface area contributed by atoms with Gasteiger partial charge in [0.1, 0.15) is 5.75 Å².